The smallest absolute Gasteiger partial charge is 0.0727 e. The van der Waals surface area contributed by atoms with Crippen LogP contribution in [0.2, 0.25) is 10.0 Å². The molecule has 1 aromatic rings. The van der Waals surface area contributed by atoms with Gasteiger partial charge in [-0.05, 0) is 30.7 Å². The molecule has 1 saturated carbocycles. The van der Waals surface area contributed by atoms with Gasteiger partial charge in [-0.1, -0.05) is 41.8 Å². The van der Waals surface area contributed by atoms with Gasteiger partial charge in [0.1, 0.15) is 0 Å². The van der Waals surface area contributed by atoms with Gasteiger partial charge >= 0.3 is 0 Å². The van der Waals surface area contributed by atoms with E-state index in [1.54, 1.807) is 17.8 Å². The van der Waals surface area contributed by atoms with Crippen LogP contribution in [-0.2, 0) is 6.42 Å². The van der Waals surface area contributed by atoms with Crippen LogP contribution >= 0.6 is 35.0 Å². The molecule has 17 heavy (non-hydrogen) atoms. The predicted octanol–water partition coefficient (Wildman–Crippen LogP) is 4.18. The van der Waals surface area contributed by atoms with Crippen LogP contribution in [0.3, 0.4) is 0 Å². The number of aliphatic hydroxyl groups is 1. The van der Waals surface area contributed by atoms with Gasteiger partial charge in [0.25, 0.3) is 0 Å². The molecule has 0 spiro atoms. The molecule has 0 saturated heterocycles. The van der Waals surface area contributed by atoms with Crippen LogP contribution in [0.4, 0.5) is 0 Å². The molecule has 1 atom stereocenters. The average molecular weight is 291 g/mol. The van der Waals surface area contributed by atoms with Crippen LogP contribution in [0.5, 0.6) is 0 Å². The maximum absolute atomic E-state index is 10.4. The van der Waals surface area contributed by atoms with Crippen molar-refractivity contribution in [3.8, 4) is 0 Å². The lowest BCUT2D eigenvalue weighted by Gasteiger charge is -2.44. The summed E-state index contributed by atoms with van der Waals surface area (Å²) in [4.78, 5) is 0. The molecule has 1 aliphatic carbocycles. The standard InChI is InChI=1S/C13H16Cl2OS/c1-17-13(6-3-7-13)11(16)8-9-4-2-5-10(14)12(9)15/h2,4-5,11,16H,3,6-8H2,1H3. The third-order valence-electron chi connectivity index (χ3n) is 3.66. The van der Waals surface area contributed by atoms with Gasteiger partial charge in [0.15, 0.2) is 0 Å². The molecule has 94 valence electrons. The minimum atomic E-state index is -0.345. The fraction of sp³-hybridized carbons (Fsp3) is 0.538. The predicted molar refractivity (Wildman–Crippen MR) is 76.3 cm³/mol. The second-order valence-corrected chi connectivity index (χ2v) is 6.56. The number of aliphatic hydroxyl groups excluding tert-OH is 1. The minimum absolute atomic E-state index is 0.0334. The van der Waals surface area contributed by atoms with Crippen LogP contribution in [0, 0.1) is 0 Å². The van der Waals surface area contributed by atoms with Crippen molar-refractivity contribution in [2.24, 2.45) is 0 Å². The fourth-order valence-electron chi connectivity index (χ4n) is 2.30. The van der Waals surface area contributed by atoms with E-state index in [1.807, 2.05) is 12.1 Å². The molecule has 1 N–H and O–H groups in total. The largest absolute Gasteiger partial charge is 0.391 e. The summed E-state index contributed by atoms with van der Waals surface area (Å²) in [7, 11) is 0. The van der Waals surface area contributed by atoms with Gasteiger partial charge in [-0.25, -0.2) is 0 Å². The zero-order chi connectivity index (χ0) is 12.5. The first-order valence-corrected chi connectivity index (χ1v) is 7.73. The molecule has 1 aromatic carbocycles. The van der Waals surface area contributed by atoms with Crippen molar-refractivity contribution in [1.82, 2.24) is 0 Å². The molecule has 0 amide bonds. The number of hydrogen-bond donors (Lipinski definition) is 1. The highest BCUT2D eigenvalue weighted by atomic mass is 35.5. The summed E-state index contributed by atoms with van der Waals surface area (Å²) in [5.41, 5.74) is 0.937. The zero-order valence-corrected chi connectivity index (χ0v) is 12.1. The Hall–Kier alpha value is 0.110. The fourth-order valence-corrected chi connectivity index (χ4v) is 3.75. The molecule has 1 nitrogen and oxygen atoms in total. The Balaban J connectivity index is 2.13. The van der Waals surface area contributed by atoms with E-state index in [0.29, 0.717) is 16.5 Å². The summed E-state index contributed by atoms with van der Waals surface area (Å²) < 4.78 is 0.0334. The highest BCUT2D eigenvalue weighted by Gasteiger charge is 2.42. The first kappa shape index (κ1) is 13.5. The Morgan fingerprint density at radius 2 is 2.12 bits per heavy atom. The third-order valence-corrected chi connectivity index (χ3v) is 6.01. The highest BCUT2D eigenvalue weighted by molar-refractivity contribution is 8.00. The molecular formula is C13H16Cl2OS. The van der Waals surface area contributed by atoms with Gasteiger partial charge in [-0.2, -0.15) is 11.8 Å². The van der Waals surface area contributed by atoms with E-state index in [4.69, 9.17) is 23.2 Å². The van der Waals surface area contributed by atoms with Gasteiger partial charge in [-0.15, -0.1) is 0 Å². The van der Waals surface area contributed by atoms with E-state index in [9.17, 15) is 5.11 Å². The maximum atomic E-state index is 10.4. The Labute approximate surface area is 117 Å². The van der Waals surface area contributed by atoms with Crippen LogP contribution in [0.25, 0.3) is 0 Å². The Morgan fingerprint density at radius 3 is 2.65 bits per heavy atom. The first-order valence-electron chi connectivity index (χ1n) is 5.75. The van der Waals surface area contributed by atoms with Crippen molar-refractivity contribution in [2.75, 3.05) is 6.26 Å². The Kier molecular flexibility index (Phi) is 4.30. The van der Waals surface area contributed by atoms with Crippen LogP contribution in [0.1, 0.15) is 24.8 Å². The molecular weight excluding hydrogens is 275 g/mol. The van der Waals surface area contributed by atoms with Crippen LogP contribution in [-0.4, -0.2) is 22.2 Å². The monoisotopic (exact) mass is 290 g/mol. The zero-order valence-electron chi connectivity index (χ0n) is 9.75. The van der Waals surface area contributed by atoms with E-state index >= 15 is 0 Å². The summed E-state index contributed by atoms with van der Waals surface area (Å²) >= 11 is 13.9. The van der Waals surface area contributed by atoms with Crippen LogP contribution < -0.4 is 0 Å². The maximum Gasteiger partial charge on any atom is 0.0727 e. The Morgan fingerprint density at radius 1 is 1.41 bits per heavy atom. The SMILES string of the molecule is CSC1(C(O)Cc2cccc(Cl)c2Cl)CCC1. The topological polar surface area (TPSA) is 20.2 Å². The van der Waals surface area contributed by atoms with E-state index < -0.39 is 0 Å². The van der Waals surface area contributed by atoms with Crippen molar-refractivity contribution in [3.63, 3.8) is 0 Å². The van der Waals surface area contributed by atoms with Gasteiger partial charge in [0.2, 0.25) is 0 Å². The van der Waals surface area contributed by atoms with E-state index in [0.717, 1.165) is 18.4 Å². The van der Waals surface area contributed by atoms with Gasteiger partial charge in [0, 0.05) is 11.2 Å². The Bertz CT molecular complexity index is 399. The van der Waals surface area contributed by atoms with E-state index in [2.05, 4.69) is 6.26 Å². The molecule has 0 bridgehead atoms. The second kappa shape index (κ2) is 5.40. The second-order valence-electron chi connectivity index (χ2n) is 4.56. The lowest BCUT2D eigenvalue weighted by Crippen LogP contribution is -2.46. The summed E-state index contributed by atoms with van der Waals surface area (Å²) in [6.07, 6.45) is 5.70. The number of hydrogen-bond acceptors (Lipinski definition) is 2. The molecule has 2 rings (SSSR count). The average Bonchev–Trinajstić information content (AvgIpc) is 2.24. The first-order chi connectivity index (χ1) is 8.09. The summed E-state index contributed by atoms with van der Waals surface area (Å²) in [6.45, 7) is 0. The van der Waals surface area contributed by atoms with Crippen molar-refractivity contribution in [3.05, 3.63) is 33.8 Å². The molecule has 0 heterocycles. The van der Waals surface area contributed by atoms with Crippen molar-refractivity contribution in [2.45, 2.75) is 36.5 Å². The molecule has 0 aliphatic heterocycles. The third kappa shape index (κ3) is 2.60. The van der Waals surface area contributed by atoms with Crippen molar-refractivity contribution in [1.29, 1.82) is 0 Å². The van der Waals surface area contributed by atoms with Gasteiger partial charge in [-0.3, -0.25) is 0 Å². The van der Waals surface area contributed by atoms with Gasteiger partial charge < -0.3 is 5.11 Å². The number of rotatable bonds is 4. The number of benzene rings is 1. The normalized spacial score (nSPS) is 19.8. The van der Waals surface area contributed by atoms with Crippen LogP contribution in [0.15, 0.2) is 18.2 Å². The summed E-state index contributed by atoms with van der Waals surface area (Å²) in [5, 5.41) is 11.5. The quantitative estimate of drug-likeness (QED) is 0.898. The summed E-state index contributed by atoms with van der Waals surface area (Å²) in [5.74, 6) is 0. The molecule has 1 aliphatic rings. The molecule has 1 fully saturated rings. The lowest BCUT2D eigenvalue weighted by molar-refractivity contribution is 0.0878. The van der Waals surface area contributed by atoms with E-state index in [-0.39, 0.29) is 10.9 Å². The number of thioether (sulfide) groups is 1. The van der Waals surface area contributed by atoms with Gasteiger partial charge in [0.05, 0.1) is 16.1 Å². The summed E-state index contributed by atoms with van der Waals surface area (Å²) in [6, 6.07) is 5.58. The molecule has 1 unspecified atom stereocenters. The molecule has 0 radical (unpaired) electrons. The lowest BCUT2D eigenvalue weighted by atomic mass is 9.78. The van der Waals surface area contributed by atoms with E-state index in [1.165, 1.54) is 6.42 Å². The number of halogens is 2. The van der Waals surface area contributed by atoms with Crippen molar-refractivity contribution >= 4 is 35.0 Å². The molecule has 4 heteroatoms. The van der Waals surface area contributed by atoms with Crippen molar-refractivity contribution < 1.29 is 5.11 Å². The molecule has 0 aromatic heterocycles. The highest BCUT2D eigenvalue weighted by Crippen LogP contribution is 2.46. The minimum Gasteiger partial charge on any atom is -0.391 e.